The summed E-state index contributed by atoms with van der Waals surface area (Å²) in [7, 11) is 0. The Hall–Kier alpha value is -3.08. The molecule has 4 N–H and O–H groups in total. The molecule has 0 saturated heterocycles. The van der Waals surface area contributed by atoms with E-state index >= 15 is 0 Å². The zero-order valence-corrected chi connectivity index (χ0v) is 13.1. The predicted octanol–water partition coefficient (Wildman–Crippen LogP) is 3.83. The lowest BCUT2D eigenvalue weighted by atomic mass is 10.1. The highest BCUT2D eigenvalue weighted by Gasteiger charge is 2.08. The van der Waals surface area contributed by atoms with E-state index in [0.29, 0.717) is 0 Å². The van der Waals surface area contributed by atoms with Gasteiger partial charge in [0.05, 0.1) is 0 Å². The van der Waals surface area contributed by atoms with Crippen molar-refractivity contribution >= 4 is 39.6 Å². The number of pyridine rings is 1. The second-order valence-electron chi connectivity index (χ2n) is 5.44. The van der Waals surface area contributed by atoms with Crippen molar-refractivity contribution in [3.05, 3.63) is 54.2 Å². The number of rotatable bonds is 3. The highest BCUT2D eigenvalue weighted by molar-refractivity contribution is 6.02. The number of aryl methyl sites for hydroxylation is 1. The van der Waals surface area contributed by atoms with Gasteiger partial charge in [-0.05, 0) is 42.8 Å². The summed E-state index contributed by atoms with van der Waals surface area (Å²) in [5.74, 6) is 0.640. The summed E-state index contributed by atoms with van der Waals surface area (Å²) in [6, 6.07) is 13.3. The van der Waals surface area contributed by atoms with Crippen LogP contribution in [0.25, 0.3) is 10.8 Å². The SMILES string of the molecule is CC(=O)Nc1cccc(Nc2nccc3c(N)ccc(C)c23)c1. The van der Waals surface area contributed by atoms with E-state index in [4.69, 9.17) is 5.73 Å². The summed E-state index contributed by atoms with van der Waals surface area (Å²) >= 11 is 0. The van der Waals surface area contributed by atoms with Gasteiger partial charge in [0, 0.05) is 41.0 Å². The second-order valence-corrected chi connectivity index (χ2v) is 5.44. The van der Waals surface area contributed by atoms with E-state index in [-0.39, 0.29) is 5.91 Å². The topological polar surface area (TPSA) is 80.0 Å². The van der Waals surface area contributed by atoms with E-state index in [1.54, 1.807) is 6.20 Å². The normalized spacial score (nSPS) is 10.5. The Morgan fingerprint density at radius 3 is 2.70 bits per heavy atom. The number of carbonyl (C=O) groups is 1. The molecule has 1 amide bonds. The smallest absolute Gasteiger partial charge is 0.221 e. The van der Waals surface area contributed by atoms with Crippen molar-refractivity contribution in [1.82, 2.24) is 4.98 Å². The first-order chi connectivity index (χ1) is 11.0. The molecule has 2 aromatic carbocycles. The number of benzene rings is 2. The van der Waals surface area contributed by atoms with Gasteiger partial charge in [-0.1, -0.05) is 12.1 Å². The number of hydrogen-bond acceptors (Lipinski definition) is 4. The number of aromatic nitrogens is 1. The zero-order valence-electron chi connectivity index (χ0n) is 13.1. The molecule has 5 nitrogen and oxygen atoms in total. The lowest BCUT2D eigenvalue weighted by molar-refractivity contribution is -0.114. The van der Waals surface area contributed by atoms with Gasteiger partial charge >= 0.3 is 0 Å². The van der Waals surface area contributed by atoms with Crippen molar-refractivity contribution in [2.24, 2.45) is 0 Å². The highest BCUT2D eigenvalue weighted by atomic mass is 16.1. The summed E-state index contributed by atoms with van der Waals surface area (Å²) in [6.45, 7) is 3.51. The van der Waals surface area contributed by atoms with Crippen LogP contribution in [0.2, 0.25) is 0 Å². The predicted molar refractivity (Wildman–Crippen MR) is 94.9 cm³/mol. The summed E-state index contributed by atoms with van der Waals surface area (Å²) < 4.78 is 0. The number of hydrogen-bond donors (Lipinski definition) is 3. The number of nitrogens with two attached hydrogens (primary N) is 1. The van der Waals surface area contributed by atoms with Crippen molar-refractivity contribution in [3.8, 4) is 0 Å². The minimum Gasteiger partial charge on any atom is -0.398 e. The third kappa shape index (κ3) is 3.08. The van der Waals surface area contributed by atoms with E-state index in [1.807, 2.05) is 49.4 Å². The number of anilines is 4. The molecule has 3 aromatic rings. The maximum absolute atomic E-state index is 11.2. The molecule has 0 aliphatic heterocycles. The van der Waals surface area contributed by atoms with Crippen LogP contribution in [-0.4, -0.2) is 10.9 Å². The standard InChI is InChI=1S/C18H18N4O/c1-11-6-7-16(19)15-8-9-20-18(17(11)15)22-14-5-3-4-13(10-14)21-12(2)23/h3-10H,19H2,1-2H3,(H,20,22)(H,21,23). The van der Waals surface area contributed by atoms with Crippen LogP contribution in [0.5, 0.6) is 0 Å². The van der Waals surface area contributed by atoms with Crippen molar-refractivity contribution in [1.29, 1.82) is 0 Å². The van der Waals surface area contributed by atoms with Crippen molar-refractivity contribution in [2.45, 2.75) is 13.8 Å². The maximum Gasteiger partial charge on any atom is 0.221 e. The molecule has 1 aromatic heterocycles. The third-order valence-corrected chi connectivity index (χ3v) is 3.61. The van der Waals surface area contributed by atoms with Crippen molar-refractivity contribution < 1.29 is 4.79 Å². The van der Waals surface area contributed by atoms with Crippen LogP contribution in [-0.2, 0) is 4.79 Å². The van der Waals surface area contributed by atoms with E-state index in [2.05, 4.69) is 15.6 Å². The average molecular weight is 306 g/mol. The van der Waals surface area contributed by atoms with Gasteiger partial charge in [0.1, 0.15) is 5.82 Å². The summed E-state index contributed by atoms with van der Waals surface area (Å²) in [6.07, 6.45) is 1.73. The molecule has 0 radical (unpaired) electrons. The minimum atomic E-state index is -0.103. The lowest BCUT2D eigenvalue weighted by Gasteiger charge is -2.13. The first-order valence-corrected chi connectivity index (χ1v) is 7.33. The van der Waals surface area contributed by atoms with Crippen LogP contribution >= 0.6 is 0 Å². The Morgan fingerprint density at radius 1 is 1.13 bits per heavy atom. The quantitative estimate of drug-likeness (QED) is 0.642. The van der Waals surface area contributed by atoms with Gasteiger partial charge < -0.3 is 16.4 Å². The Morgan fingerprint density at radius 2 is 1.91 bits per heavy atom. The van der Waals surface area contributed by atoms with E-state index in [0.717, 1.165) is 39.2 Å². The fourth-order valence-electron chi connectivity index (χ4n) is 2.60. The number of nitrogen functional groups attached to an aromatic ring is 1. The average Bonchev–Trinajstić information content (AvgIpc) is 2.51. The highest BCUT2D eigenvalue weighted by Crippen LogP contribution is 2.31. The van der Waals surface area contributed by atoms with E-state index < -0.39 is 0 Å². The van der Waals surface area contributed by atoms with Crippen LogP contribution in [0, 0.1) is 6.92 Å². The molecule has 116 valence electrons. The number of nitrogens with zero attached hydrogens (tertiary/aromatic N) is 1. The van der Waals surface area contributed by atoms with Gasteiger partial charge in [-0.15, -0.1) is 0 Å². The molecule has 0 fully saturated rings. The van der Waals surface area contributed by atoms with Gasteiger partial charge in [-0.2, -0.15) is 0 Å². The molecule has 0 atom stereocenters. The molecular weight excluding hydrogens is 288 g/mol. The summed E-state index contributed by atoms with van der Waals surface area (Å²) in [4.78, 5) is 15.6. The first kappa shape index (κ1) is 14.8. The van der Waals surface area contributed by atoms with Gasteiger partial charge in [-0.3, -0.25) is 4.79 Å². The first-order valence-electron chi connectivity index (χ1n) is 7.33. The molecular formula is C18H18N4O. The van der Waals surface area contributed by atoms with Crippen LogP contribution in [0.15, 0.2) is 48.7 Å². The fourth-order valence-corrected chi connectivity index (χ4v) is 2.60. The summed E-state index contributed by atoms with van der Waals surface area (Å²) in [5, 5.41) is 8.05. The van der Waals surface area contributed by atoms with Crippen molar-refractivity contribution in [2.75, 3.05) is 16.4 Å². The zero-order chi connectivity index (χ0) is 16.4. The molecule has 0 aliphatic rings. The van der Waals surface area contributed by atoms with Gasteiger partial charge in [0.15, 0.2) is 0 Å². The van der Waals surface area contributed by atoms with Gasteiger partial charge in [0.2, 0.25) is 5.91 Å². The Kier molecular flexibility index (Phi) is 3.85. The Balaban J connectivity index is 2.02. The lowest BCUT2D eigenvalue weighted by Crippen LogP contribution is -2.06. The maximum atomic E-state index is 11.2. The van der Waals surface area contributed by atoms with Crippen LogP contribution in [0.4, 0.5) is 22.9 Å². The number of amides is 1. The molecule has 0 unspecified atom stereocenters. The molecule has 0 bridgehead atoms. The second kappa shape index (κ2) is 5.96. The van der Waals surface area contributed by atoms with Gasteiger partial charge in [0.25, 0.3) is 0 Å². The summed E-state index contributed by atoms with van der Waals surface area (Å²) in [5.41, 5.74) is 9.47. The third-order valence-electron chi connectivity index (χ3n) is 3.61. The van der Waals surface area contributed by atoms with Crippen LogP contribution in [0.3, 0.4) is 0 Å². The molecule has 3 rings (SSSR count). The van der Waals surface area contributed by atoms with Crippen molar-refractivity contribution in [3.63, 3.8) is 0 Å². The van der Waals surface area contributed by atoms with Crippen LogP contribution < -0.4 is 16.4 Å². The molecule has 5 heteroatoms. The molecule has 0 saturated carbocycles. The number of nitrogens with one attached hydrogen (secondary N) is 2. The van der Waals surface area contributed by atoms with Crippen LogP contribution in [0.1, 0.15) is 12.5 Å². The largest absolute Gasteiger partial charge is 0.398 e. The molecule has 0 spiro atoms. The number of carbonyl (C=O) groups excluding carboxylic acids is 1. The minimum absolute atomic E-state index is 0.103. The molecule has 1 heterocycles. The van der Waals surface area contributed by atoms with E-state index in [9.17, 15) is 4.79 Å². The van der Waals surface area contributed by atoms with E-state index in [1.165, 1.54) is 6.92 Å². The monoisotopic (exact) mass is 306 g/mol. The molecule has 23 heavy (non-hydrogen) atoms. The Bertz CT molecular complexity index is 889. The van der Waals surface area contributed by atoms with Gasteiger partial charge in [-0.25, -0.2) is 4.98 Å². The fraction of sp³-hybridized carbons (Fsp3) is 0.111. The Labute approximate surface area is 134 Å². The number of fused-ring (bicyclic) bond motifs is 1. The molecule has 0 aliphatic carbocycles.